The molecule has 0 amide bonds. The molecular weight excluding hydrogens is 390 g/mol. The van der Waals surface area contributed by atoms with Gasteiger partial charge in [-0.05, 0) is 52.4 Å². The van der Waals surface area contributed by atoms with Crippen molar-refractivity contribution in [3.63, 3.8) is 0 Å². The molecule has 0 bridgehead atoms. The van der Waals surface area contributed by atoms with E-state index in [1.165, 1.54) is 27.1 Å². The molecule has 0 unspecified atom stereocenters. The molecule has 0 aliphatic heterocycles. The molecule has 0 spiro atoms. The fourth-order valence-corrected chi connectivity index (χ4v) is 3.94. The molecule has 0 radical (unpaired) electrons. The number of hydrogen-bond donors (Lipinski definition) is 4. The maximum absolute atomic E-state index is 10.2. The normalized spacial score (nSPS) is 22.3. The number of aliphatic hydroxyl groups is 2. The van der Waals surface area contributed by atoms with Crippen LogP contribution >= 0.6 is 0 Å². The zero-order chi connectivity index (χ0) is 21.0. The largest absolute Gasteiger partial charge is 0.391 e. The van der Waals surface area contributed by atoms with Gasteiger partial charge < -0.3 is 15.5 Å². The lowest BCUT2D eigenvalue weighted by Gasteiger charge is -2.33. The molecule has 3 aromatic carbocycles. The molecule has 7 heteroatoms. The summed E-state index contributed by atoms with van der Waals surface area (Å²) in [6.07, 6.45) is 2.16. The van der Waals surface area contributed by atoms with Gasteiger partial charge in [-0.2, -0.15) is 8.42 Å². The van der Waals surface area contributed by atoms with Crippen LogP contribution in [0.5, 0.6) is 0 Å². The van der Waals surface area contributed by atoms with E-state index < -0.39 is 22.3 Å². The third-order valence-corrected chi connectivity index (χ3v) is 5.23. The summed E-state index contributed by atoms with van der Waals surface area (Å²) in [5, 5.41) is 28.8. The van der Waals surface area contributed by atoms with E-state index in [4.69, 9.17) is 4.55 Å². The van der Waals surface area contributed by atoms with Crippen molar-refractivity contribution in [2.45, 2.75) is 44.1 Å². The van der Waals surface area contributed by atoms with Gasteiger partial charge in [0.15, 0.2) is 0 Å². The van der Waals surface area contributed by atoms with Gasteiger partial charge in [0, 0.05) is 6.54 Å². The van der Waals surface area contributed by atoms with Crippen LogP contribution in [-0.4, -0.2) is 47.7 Å². The minimum Gasteiger partial charge on any atom is -0.391 e. The van der Waals surface area contributed by atoms with Crippen molar-refractivity contribution in [2.75, 3.05) is 6.26 Å². The Morgan fingerprint density at radius 2 is 1.38 bits per heavy atom. The van der Waals surface area contributed by atoms with E-state index in [-0.39, 0.29) is 6.04 Å². The lowest BCUT2D eigenvalue weighted by Crippen LogP contribution is -2.50. The highest BCUT2D eigenvalue weighted by atomic mass is 32.2. The van der Waals surface area contributed by atoms with Crippen LogP contribution in [0.2, 0.25) is 0 Å². The van der Waals surface area contributed by atoms with Crippen LogP contribution in [0, 0.1) is 0 Å². The Bertz CT molecular complexity index is 1010. The van der Waals surface area contributed by atoms with Crippen LogP contribution in [0.25, 0.3) is 21.5 Å². The van der Waals surface area contributed by atoms with Crippen molar-refractivity contribution in [1.82, 2.24) is 5.32 Å². The lowest BCUT2D eigenvalue weighted by atomic mass is 9.89. The molecule has 156 valence electrons. The van der Waals surface area contributed by atoms with Crippen molar-refractivity contribution in [2.24, 2.45) is 0 Å². The first kappa shape index (κ1) is 21.7. The Balaban J connectivity index is 0.000000431. The molecule has 3 atom stereocenters. The van der Waals surface area contributed by atoms with Gasteiger partial charge in [-0.3, -0.25) is 4.55 Å². The van der Waals surface area contributed by atoms with Crippen molar-refractivity contribution < 1.29 is 23.2 Å². The first-order valence-corrected chi connectivity index (χ1v) is 11.5. The van der Waals surface area contributed by atoms with Gasteiger partial charge in [0.2, 0.25) is 0 Å². The van der Waals surface area contributed by atoms with Crippen LogP contribution < -0.4 is 5.32 Å². The second kappa shape index (κ2) is 9.19. The van der Waals surface area contributed by atoms with E-state index >= 15 is 0 Å². The van der Waals surface area contributed by atoms with Crippen LogP contribution in [0.3, 0.4) is 0 Å². The fraction of sp³-hybridized carbons (Fsp3) is 0.364. The Hall–Kier alpha value is -2.03. The summed E-state index contributed by atoms with van der Waals surface area (Å²) in [7, 11) is -3.67. The fourth-order valence-electron chi connectivity index (χ4n) is 3.94. The molecule has 6 nitrogen and oxygen atoms in total. The van der Waals surface area contributed by atoms with Crippen molar-refractivity contribution >= 4 is 31.7 Å². The molecule has 3 aromatic rings. The van der Waals surface area contributed by atoms with Crippen molar-refractivity contribution in [3.8, 4) is 0 Å². The monoisotopic (exact) mass is 417 g/mol. The number of benzene rings is 3. The maximum Gasteiger partial charge on any atom is 0.261 e. The molecule has 0 heterocycles. The van der Waals surface area contributed by atoms with Crippen molar-refractivity contribution in [1.29, 1.82) is 0 Å². The molecule has 1 saturated carbocycles. The van der Waals surface area contributed by atoms with E-state index in [2.05, 4.69) is 59.9 Å². The summed E-state index contributed by atoms with van der Waals surface area (Å²) in [5.74, 6) is 0. The third-order valence-electron chi connectivity index (χ3n) is 5.23. The second-order valence-electron chi connectivity index (χ2n) is 7.50. The molecule has 1 aliphatic carbocycles. The Morgan fingerprint density at radius 3 is 1.86 bits per heavy atom. The third kappa shape index (κ3) is 5.74. The van der Waals surface area contributed by atoms with E-state index in [0.29, 0.717) is 12.8 Å². The van der Waals surface area contributed by atoms with Crippen LogP contribution in [0.15, 0.2) is 54.6 Å². The quantitative estimate of drug-likeness (QED) is 0.386. The molecule has 1 fully saturated rings. The van der Waals surface area contributed by atoms with E-state index in [0.717, 1.165) is 19.3 Å². The predicted octanol–water partition coefficient (Wildman–Crippen LogP) is 2.86. The van der Waals surface area contributed by atoms with Gasteiger partial charge in [0.05, 0.1) is 24.5 Å². The lowest BCUT2D eigenvalue weighted by molar-refractivity contribution is 0.000949. The topological polar surface area (TPSA) is 107 Å². The number of hydrogen-bond acceptors (Lipinski definition) is 5. The number of aliphatic hydroxyl groups excluding tert-OH is 2. The summed E-state index contributed by atoms with van der Waals surface area (Å²) >= 11 is 0. The van der Waals surface area contributed by atoms with Crippen molar-refractivity contribution in [3.05, 3.63) is 60.2 Å². The second-order valence-corrected chi connectivity index (χ2v) is 8.97. The Morgan fingerprint density at radius 1 is 0.931 bits per heavy atom. The smallest absolute Gasteiger partial charge is 0.261 e. The number of fused-ring (bicyclic) bond motifs is 2. The van der Waals surface area contributed by atoms with Gasteiger partial charge in [0.1, 0.15) is 0 Å². The first-order chi connectivity index (χ1) is 13.7. The summed E-state index contributed by atoms with van der Waals surface area (Å²) in [6.45, 7) is 0.640. The Kier molecular flexibility index (Phi) is 6.87. The summed E-state index contributed by atoms with van der Waals surface area (Å²) < 4.78 is 25.9. The van der Waals surface area contributed by atoms with Gasteiger partial charge in [-0.1, -0.05) is 48.5 Å². The summed E-state index contributed by atoms with van der Waals surface area (Å²) in [6, 6.07) is 18.8. The number of rotatable bonds is 3. The standard InChI is InChI=1S/C21H23NO2.CH4O3S/c23-19-10-5-11-20(24)21(19)22-13-18-16-8-3-1-6-14(16)12-15-7-2-4-9-17(15)18;1-5(2,3)4/h1-4,6-9,12,19-24H,5,10-11,13H2;1H3,(H,2,3,4)/t19-,20+,21+;. The van der Waals surface area contributed by atoms with Crippen LogP contribution in [-0.2, 0) is 16.7 Å². The molecule has 0 aromatic heterocycles. The van der Waals surface area contributed by atoms with E-state index in [1.807, 2.05) is 0 Å². The molecule has 4 rings (SSSR count). The van der Waals surface area contributed by atoms with Gasteiger partial charge in [-0.25, -0.2) is 0 Å². The SMILES string of the molecule is CS(=O)(=O)O.O[C@@H]1CCC[C@H](O)[C@H]1NCc1c2ccccc2cc2ccccc12. The highest BCUT2D eigenvalue weighted by Crippen LogP contribution is 2.29. The van der Waals surface area contributed by atoms with Gasteiger partial charge in [0.25, 0.3) is 10.1 Å². The van der Waals surface area contributed by atoms with E-state index in [1.54, 1.807) is 0 Å². The van der Waals surface area contributed by atoms with Crippen LogP contribution in [0.1, 0.15) is 24.8 Å². The van der Waals surface area contributed by atoms with Gasteiger partial charge >= 0.3 is 0 Å². The molecule has 0 saturated heterocycles. The number of nitrogens with one attached hydrogen (secondary N) is 1. The maximum atomic E-state index is 10.2. The zero-order valence-corrected chi connectivity index (χ0v) is 17.1. The van der Waals surface area contributed by atoms with E-state index in [9.17, 15) is 18.6 Å². The molecule has 1 aliphatic rings. The summed E-state index contributed by atoms with van der Waals surface area (Å²) in [5.41, 5.74) is 1.23. The minimum atomic E-state index is -3.67. The molecular formula is C22H27NO5S. The molecule has 4 N–H and O–H groups in total. The predicted molar refractivity (Wildman–Crippen MR) is 115 cm³/mol. The molecule has 29 heavy (non-hydrogen) atoms. The minimum absolute atomic E-state index is 0.253. The van der Waals surface area contributed by atoms with Crippen LogP contribution in [0.4, 0.5) is 0 Å². The van der Waals surface area contributed by atoms with Gasteiger partial charge in [-0.15, -0.1) is 0 Å². The highest BCUT2D eigenvalue weighted by molar-refractivity contribution is 7.85. The Labute approximate surface area is 170 Å². The highest BCUT2D eigenvalue weighted by Gasteiger charge is 2.30. The average Bonchev–Trinajstić information content (AvgIpc) is 2.65. The zero-order valence-electron chi connectivity index (χ0n) is 16.3. The average molecular weight is 418 g/mol. The first-order valence-electron chi connectivity index (χ1n) is 9.65. The summed E-state index contributed by atoms with van der Waals surface area (Å²) in [4.78, 5) is 0.